The molecule has 0 spiro atoms. The first-order chi connectivity index (χ1) is 21.3. The van der Waals surface area contributed by atoms with E-state index in [2.05, 4.69) is 10.1 Å². The Morgan fingerprint density at radius 1 is 1.00 bits per heavy atom. The van der Waals surface area contributed by atoms with Gasteiger partial charge in [-0.25, -0.2) is 13.2 Å². The molecule has 0 saturated heterocycles. The molecule has 0 saturated carbocycles. The summed E-state index contributed by atoms with van der Waals surface area (Å²) in [5.41, 5.74) is 3.72. The van der Waals surface area contributed by atoms with E-state index in [9.17, 15) is 36.3 Å². The average Bonchev–Trinajstić information content (AvgIpc) is 2.99. The monoisotopic (exact) mass is 666 g/mol. The van der Waals surface area contributed by atoms with E-state index in [0.29, 0.717) is 28.9 Å². The van der Waals surface area contributed by atoms with Gasteiger partial charge in [0.2, 0.25) is 10.0 Å². The number of nitrogens with zero attached hydrogens (tertiary/aromatic N) is 1. The summed E-state index contributed by atoms with van der Waals surface area (Å²) in [5, 5.41) is 12.3. The molecule has 0 aromatic heterocycles. The van der Waals surface area contributed by atoms with E-state index in [4.69, 9.17) is 0 Å². The summed E-state index contributed by atoms with van der Waals surface area (Å²) in [7, 11) is -4.02. The van der Waals surface area contributed by atoms with Gasteiger partial charge in [0, 0.05) is 18.7 Å². The number of carbonyl (C=O) groups is 2. The van der Waals surface area contributed by atoms with Gasteiger partial charge in [0.05, 0.1) is 12.4 Å². The van der Waals surface area contributed by atoms with E-state index in [-0.39, 0.29) is 31.5 Å². The number of amides is 1. The molecule has 1 unspecified atom stereocenters. The van der Waals surface area contributed by atoms with Crippen molar-refractivity contribution in [3.05, 3.63) is 95.1 Å². The summed E-state index contributed by atoms with van der Waals surface area (Å²) < 4.78 is 69.2. The number of hydrogen-bond acceptors (Lipinski definition) is 6. The third kappa shape index (κ3) is 11.5. The SMILES string of the molecule is CSCCC(NC(=O)c1ccc(CN(CCc2ccccc2)S(=O)(=O)CCCOC(F)(F)F)cc1-c1ccccc1C)C(=O)O. The maximum Gasteiger partial charge on any atom is 0.522 e. The Morgan fingerprint density at radius 3 is 2.33 bits per heavy atom. The minimum absolute atomic E-state index is 0.0736. The summed E-state index contributed by atoms with van der Waals surface area (Å²) in [5.74, 6) is -1.73. The molecule has 3 aromatic rings. The third-order valence-electron chi connectivity index (χ3n) is 7.04. The lowest BCUT2D eigenvalue weighted by atomic mass is 9.93. The Balaban J connectivity index is 1.95. The molecule has 0 heterocycles. The fraction of sp³-hybridized carbons (Fsp3) is 0.375. The van der Waals surface area contributed by atoms with Crippen LogP contribution >= 0.6 is 11.8 Å². The number of rotatable bonds is 17. The average molecular weight is 667 g/mol. The van der Waals surface area contributed by atoms with Crippen LogP contribution in [0.15, 0.2) is 72.8 Å². The van der Waals surface area contributed by atoms with Crippen LogP contribution in [0.5, 0.6) is 0 Å². The first-order valence-corrected chi connectivity index (χ1v) is 17.2. The molecule has 0 fully saturated rings. The third-order valence-corrected chi connectivity index (χ3v) is 9.58. The molecule has 3 rings (SSSR count). The van der Waals surface area contributed by atoms with Gasteiger partial charge in [-0.2, -0.15) is 16.1 Å². The minimum atomic E-state index is -4.85. The highest BCUT2D eigenvalue weighted by Crippen LogP contribution is 2.29. The lowest BCUT2D eigenvalue weighted by Crippen LogP contribution is -2.41. The van der Waals surface area contributed by atoms with Gasteiger partial charge in [-0.15, -0.1) is 13.2 Å². The molecule has 0 aliphatic carbocycles. The predicted octanol–water partition coefficient (Wildman–Crippen LogP) is 5.90. The zero-order valence-corrected chi connectivity index (χ0v) is 26.7. The second kappa shape index (κ2) is 16.8. The minimum Gasteiger partial charge on any atom is -0.480 e. The lowest BCUT2D eigenvalue weighted by molar-refractivity contribution is -0.324. The lowest BCUT2D eigenvalue weighted by Gasteiger charge is -2.24. The number of hydrogen-bond donors (Lipinski definition) is 2. The molecule has 0 aliphatic heterocycles. The molecule has 1 amide bonds. The smallest absolute Gasteiger partial charge is 0.480 e. The number of alkyl halides is 3. The van der Waals surface area contributed by atoms with Crippen molar-refractivity contribution in [1.29, 1.82) is 0 Å². The summed E-state index contributed by atoms with van der Waals surface area (Å²) in [4.78, 5) is 25.2. The van der Waals surface area contributed by atoms with Crippen LogP contribution < -0.4 is 5.32 Å². The molecule has 1 atom stereocenters. The Labute approximate surface area is 266 Å². The van der Waals surface area contributed by atoms with Crippen LogP contribution in [0.2, 0.25) is 0 Å². The number of carbonyl (C=O) groups excluding carboxylic acids is 1. The van der Waals surface area contributed by atoms with Crippen molar-refractivity contribution in [2.24, 2.45) is 0 Å². The zero-order valence-electron chi connectivity index (χ0n) is 25.0. The fourth-order valence-corrected chi connectivity index (χ4v) is 6.62. The highest BCUT2D eigenvalue weighted by molar-refractivity contribution is 7.98. The number of benzene rings is 3. The fourth-order valence-electron chi connectivity index (χ4n) is 4.69. The number of nitrogens with one attached hydrogen (secondary N) is 1. The number of carboxylic acid groups (broad SMARTS) is 1. The standard InChI is InChI=1S/C32H37F3N2O6S2/c1-23-9-6-7-12-26(23)28-21-25(13-14-27(28)30(38)36-29(31(39)40)16-19-44-2)22-37(17-15-24-10-4-3-5-11-24)45(41,42)20-8-18-43-32(33,34)35/h3-7,9-14,21,29H,8,15-20,22H2,1-2H3,(H,36,38)(H,39,40). The highest BCUT2D eigenvalue weighted by atomic mass is 32.2. The van der Waals surface area contributed by atoms with Crippen molar-refractivity contribution in [2.45, 2.75) is 45.1 Å². The van der Waals surface area contributed by atoms with Gasteiger partial charge >= 0.3 is 12.3 Å². The van der Waals surface area contributed by atoms with Gasteiger partial charge in [0.25, 0.3) is 5.91 Å². The number of carboxylic acids is 1. The van der Waals surface area contributed by atoms with Crippen LogP contribution in [-0.4, -0.2) is 73.0 Å². The number of ether oxygens (including phenoxy) is 1. The van der Waals surface area contributed by atoms with Crippen molar-refractivity contribution >= 4 is 33.7 Å². The summed E-state index contributed by atoms with van der Waals surface area (Å²) in [6, 6.07) is 20.3. The second-order valence-electron chi connectivity index (χ2n) is 10.4. The van der Waals surface area contributed by atoms with Gasteiger partial charge in [0.15, 0.2) is 0 Å². The Bertz CT molecular complexity index is 1540. The van der Waals surface area contributed by atoms with Gasteiger partial charge in [0.1, 0.15) is 6.04 Å². The van der Waals surface area contributed by atoms with E-state index in [1.165, 1.54) is 16.1 Å². The number of sulfonamides is 1. The van der Waals surface area contributed by atoms with Crippen molar-refractivity contribution in [3.8, 4) is 11.1 Å². The normalized spacial score (nSPS) is 12.7. The highest BCUT2D eigenvalue weighted by Gasteiger charge is 2.30. The van der Waals surface area contributed by atoms with Crippen LogP contribution in [0.25, 0.3) is 11.1 Å². The quantitative estimate of drug-likeness (QED) is 0.173. The summed E-state index contributed by atoms with van der Waals surface area (Å²) >= 11 is 1.47. The number of thioether (sulfide) groups is 1. The molecule has 45 heavy (non-hydrogen) atoms. The number of aliphatic carboxylic acids is 1. The summed E-state index contributed by atoms with van der Waals surface area (Å²) in [6.07, 6.45) is -2.75. The Kier molecular flexibility index (Phi) is 13.5. The number of aryl methyl sites for hydroxylation is 1. The van der Waals surface area contributed by atoms with Gasteiger partial charge in [-0.05, 0) is 78.1 Å². The zero-order chi connectivity index (χ0) is 33.0. The molecule has 8 nitrogen and oxygen atoms in total. The van der Waals surface area contributed by atoms with Crippen molar-refractivity contribution in [2.75, 3.05) is 30.9 Å². The van der Waals surface area contributed by atoms with Crippen molar-refractivity contribution in [3.63, 3.8) is 0 Å². The van der Waals surface area contributed by atoms with Crippen LogP contribution in [0.4, 0.5) is 13.2 Å². The number of halogens is 3. The van der Waals surface area contributed by atoms with E-state index in [0.717, 1.165) is 11.1 Å². The molecular weight excluding hydrogens is 629 g/mol. The first-order valence-electron chi connectivity index (χ1n) is 14.2. The topological polar surface area (TPSA) is 113 Å². The Morgan fingerprint density at radius 2 is 1.69 bits per heavy atom. The molecule has 0 bridgehead atoms. The largest absolute Gasteiger partial charge is 0.522 e. The van der Waals surface area contributed by atoms with E-state index < -0.39 is 46.7 Å². The predicted molar refractivity (Wildman–Crippen MR) is 169 cm³/mol. The Hall–Kier alpha value is -3.39. The van der Waals surface area contributed by atoms with Gasteiger partial charge in [-0.3, -0.25) is 9.53 Å². The van der Waals surface area contributed by atoms with Crippen LogP contribution in [-0.2, 0) is 32.5 Å². The maximum absolute atomic E-state index is 13.4. The first kappa shape index (κ1) is 36.1. The van der Waals surface area contributed by atoms with Crippen LogP contribution in [0.1, 0.15) is 39.9 Å². The molecule has 2 N–H and O–H groups in total. The van der Waals surface area contributed by atoms with E-state index >= 15 is 0 Å². The molecule has 0 radical (unpaired) electrons. The van der Waals surface area contributed by atoms with Crippen molar-refractivity contribution in [1.82, 2.24) is 9.62 Å². The van der Waals surface area contributed by atoms with Gasteiger partial charge in [-0.1, -0.05) is 60.7 Å². The van der Waals surface area contributed by atoms with Crippen LogP contribution in [0.3, 0.4) is 0 Å². The van der Waals surface area contributed by atoms with E-state index in [1.54, 1.807) is 24.3 Å². The van der Waals surface area contributed by atoms with Crippen molar-refractivity contribution < 1.29 is 41.0 Å². The molecule has 0 aliphatic rings. The van der Waals surface area contributed by atoms with Crippen LogP contribution in [0, 0.1) is 6.92 Å². The molecule has 3 aromatic carbocycles. The van der Waals surface area contributed by atoms with E-state index in [1.807, 2.05) is 61.7 Å². The maximum atomic E-state index is 13.4. The second-order valence-corrected chi connectivity index (χ2v) is 13.4. The summed E-state index contributed by atoms with van der Waals surface area (Å²) in [6.45, 7) is 1.05. The molecule has 244 valence electrons. The van der Waals surface area contributed by atoms with Gasteiger partial charge < -0.3 is 10.4 Å². The molecule has 13 heteroatoms. The molecular formula is C32H37F3N2O6S2.